The zero-order valence-corrected chi connectivity index (χ0v) is 18.2. The molecule has 0 radical (unpaired) electrons. The van der Waals surface area contributed by atoms with Crippen LogP contribution in [0, 0.1) is 13.8 Å². The molecule has 1 amide bonds. The van der Waals surface area contributed by atoms with Gasteiger partial charge in [0.2, 0.25) is 11.7 Å². The number of furan rings is 1. The lowest BCUT2D eigenvalue weighted by molar-refractivity contribution is -0.117. The molecule has 0 unspecified atom stereocenters. The summed E-state index contributed by atoms with van der Waals surface area (Å²) < 4.78 is 9.64. The normalized spacial score (nSPS) is 11.4. The van der Waals surface area contributed by atoms with Crippen molar-refractivity contribution in [2.24, 2.45) is 0 Å². The summed E-state index contributed by atoms with van der Waals surface area (Å²) in [5.74, 6) is 0.324. The summed E-state index contributed by atoms with van der Waals surface area (Å²) in [7, 11) is 0. The molecule has 0 atom stereocenters. The van der Waals surface area contributed by atoms with Crippen LogP contribution < -0.4 is 16.6 Å². The molecule has 4 heterocycles. The Balaban J connectivity index is 1.57. The Morgan fingerprint density at radius 2 is 2.03 bits per heavy atom. The van der Waals surface area contributed by atoms with Crippen LogP contribution in [0.5, 0.6) is 0 Å². The van der Waals surface area contributed by atoms with Crippen molar-refractivity contribution in [1.82, 2.24) is 18.7 Å². The van der Waals surface area contributed by atoms with Crippen molar-refractivity contribution in [2.45, 2.75) is 26.9 Å². The highest BCUT2D eigenvalue weighted by molar-refractivity contribution is 7.17. The highest BCUT2D eigenvalue weighted by Crippen LogP contribution is 2.18. The fourth-order valence-electron chi connectivity index (χ4n) is 3.72. The molecule has 1 aromatic carbocycles. The molecule has 0 fully saturated rings. The monoisotopic (exact) mass is 449 g/mol. The number of aromatic nitrogens is 4. The number of fused-ring (bicyclic) bond motifs is 3. The first-order chi connectivity index (χ1) is 15.4. The SMILES string of the molecule is Cc1ccc(NC(=O)Cn2nc3n(Cc4ccco4)c(=O)c4sccc4n3c2=O)c(C)c1. The molecule has 1 N–H and O–H groups in total. The van der Waals surface area contributed by atoms with Crippen molar-refractivity contribution in [2.75, 3.05) is 5.32 Å². The van der Waals surface area contributed by atoms with Gasteiger partial charge >= 0.3 is 5.69 Å². The predicted octanol–water partition coefficient (Wildman–Crippen LogP) is 2.77. The van der Waals surface area contributed by atoms with E-state index in [9.17, 15) is 14.4 Å². The number of aryl methyl sites for hydroxylation is 2. The molecule has 0 saturated heterocycles. The van der Waals surface area contributed by atoms with Crippen LogP contribution in [-0.4, -0.2) is 24.7 Å². The van der Waals surface area contributed by atoms with E-state index in [0.29, 0.717) is 21.7 Å². The minimum Gasteiger partial charge on any atom is -0.467 e. The Bertz CT molecular complexity index is 1590. The smallest absolute Gasteiger partial charge is 0.352 e. The first-order valence-electron chi connectivity index (χ1n) is 9.91. The van der Waals surface area contributed by atoms with Gasteiger partial charge in [0.15, 0.2) is 0 Å². The molecule has 10 heteroatoms. The molecular formula is C22H19N5O4S. The lowest BCUT2D eigenvalue weighted by Crippen LogP contribution is -2.29. The zero-order chi connectivity index (χ0) is 22.4. The van der Waals surface area contributed by atoms with Crippen molar-refractivity contribution < 1.29 is 9.21 Å². The zero-order valence-electron chi connectivity index (χ0n) is 17.4. The topological polar surface area (TPSA) is 104 Å². The number of nitrogens with one attached hydrogen (secondary N) is 1. The second kappa shape index (κ2) is 7.65. The third kappa shape index (κ3) is 3.34. The Labute approximate surface area is 185 Å². The van der Waals surface area contributed by atoms with Gasteiger partial charge < -0.3 is 9.73 Å². The largest absolute Gasteiger partial charge is 0.467 e. The molecule has 0 aliphatic rings. The summed E-state index contributed by atoms with van der Waals surface area (Å²) >= 11 is 1.25. The Morgan fingerprint density at radius 3 is 2.78 bits per heavy atom. The van der Waals surface area contributed by atoms with Crippen LogP contribution in [0.1, 0.15) is 16.9 Å². The van der Waals surface area contributed by atoms with Gasteiger partial charge in [0.1, 0.15) is 17.0 Å². The minimum absolute atomic E-state index is 0.119. The Morgan fingerprint density at radius 1 is 1.19 bits per heavy atom. The molecule has 5 aromatic rings. The van der Waals surface area contributed by atoms with Crippen molar-refractivity contribution >= 4 is 38.9 Å². The number of hydrogen-bond donors (Lipinski definition) is 1. The highest BCUT2D eigenvalue weighted by Gasteiger charge is 2.20. The molecule has 32 heavy (non-hydrogen) atoms. The summed E-state index contributed by atoms with van der Waals surface area (Å²) in [5, 5.41) is 8.91. The van der Waals surface area contributed by atoms with Crippen molar-refractivity contribution in [1.29, 1.82) is 0 Å². The maximum atomic E-state index is 13.2. The number of nitrogens with zero attached hydrogens (tertiary/aromatic N) is 4. The molecule has 0 saturated carbocycles. The maximum absolute atomic E-state index is 13.2. The molecule has 4 aromatic heterocycles. The quantitative estimate of drug-likeness (QED) is 0.444. The van der Waals surface area contributed by atoms with Gasteiger partial charge in [0, 0.05) is 5.69 Å². The van der Waals surface area contributed by atoms with Gasteiger partial charge in [-0.15, -0.1) is 16.4 Å². The number of hydrogen-bond acceptors (Lipinski definition) is 6. The third-order valence-corrected chi connectivity index (χ3v) is 6.12. The van der Waals surface area contributed by atoms with E-state index < -0.39 is 5.69 Å². The second-order valence-corrected chi connectivity index (χ2v) is 8.46. The molecule has 0 bridgehead atoms. The van der Waals surface area contributed by atoms with Gasteiger partial charge in [-0.1, -0.05) is 17.7 Å². The van der Waals surface area contributed by atoms with Crippen LogP contribution in [0.4, 0.5) is 5.69 Å². The second-order valence-electron chi connectivity index (χ2n) is 7.55. The van der Waals surface area contributed by atoms with E-state index in [4.69, 9.17) is 4.42 Å². The number of rotatable bonds is 5. The van der Waals surface area contributed by atoms with E-state index in [2.05, 4.69) is 10.4 Å². The van der Waals surface area contributed by atoms with E-state index in [-0.39, 0.29) is 30.3 Å². The summed E-state index contributed by atoms with van der Waals surface area (Å²) in [5.41, 5.74) is 2.39. The van der Waals surface area contributed by atoms with Crippen molar-refractivity contribution in [3.63, 3.8) is 0 Å². The number of thiophene rings is 1. The van der Waals surface area contributed by atoms with Crippen LogP contribution >= 0.6 is 11.3 Å². The number of amides is 1. The van der Waals surface area contributed by atoms with E-state index in [0.717, 1.165) is 15.8 Å². The number of carbonyl (C=O) groups is 1. The molecule has 0 aliphatic heterocycles. The maximum Gasteiger partial charge on any atom is 0.352 e. The average Bonchev–Trinajstić information content (AvgIpc) is 3.49. The number of carbonyl (C=O) groups excluding carboxylic acids is 1. The van der Waals surface area contributed by atoms with E-state index in [1.165, 1.54) is 26.6 Å². The predicted molar refractivity (Wildman–Crippen MR) is 121 cm³/mol. The fraction of sp³-hybridized carbons (Fsp3) is 0.182. The van der Waals surface area contributed by atoms with E-state index >= 15 is 0 Å². The van der Waals surface area contributed by atoms with E-state index in [1.807, 2.05) is 32.0 Å². The lowest BCUT2D eigenvalue weighted by Gasteiger charge is -2.08. The highest BCUT2D eigenvalue weighted by atomic mass is 32.1. The fourth-order valence-corrected chi connectivity index (χ4v) is 4.54. The summed E-state index contributed by atoms with van der Waals surface area (Å²) in [6.07, 6.45) is 1.52. The Kier molecular flexibility index (Phi) is 4.78. The van der Waals surface area contributed by atoms with Gasteiger partial charge in [0.25, 0.3) is 5.56 Å². The summed E-state index contributed by atoms with van der Waals surface area (Å²) in [6, 6.07) is 10.9. The van der Waals surface area contributed by atoms with Crippen LogP contribution in [0.3, 0.4) is 0 Å². The number of benzene rings is 1. The first-order valence-corrected chi connectivity index (χ1v) is 10.8. The van der Waals surface area contributed by atoms with Crippen LogP contribution in [0.2, 0.25) is 0 Å². The Hall–Kier alpha value is -3.92. The van der Waals surface area contributed by atoms with E-state index in [1.54, 1.807) is 23.6 Å². The lowest BCUT2D eigenvalue weighted by atomic mass is 10.1. The molecule has 5 rings (SSSR count). The van der Waals surface area contributed by atoms with Gasteiger partial charge in [-0.25, -0.2) is 13.9 Å². The summed E-state index contributed by atoms with van der Waals surface area (Å²) in [6.45, 7) is 3.71. The van der Waals surface area contributed by atoms with Gasteiger partial charge in [-0.05, 0) is 49.1 Å². The molecule has 0 spiro atoms. The first kappa shape index (κ1) is 20.0. The van der Waals surface area contributed by atoms with Crippen LogP contribution in [0.15, 0.2) is 62.0 Å². The molecule has 0 aliphatic carbocycles. The summed E-state index contributed by atoms with van der Waals surface area (Å²) in [4.78, 5) is 38.9. The molecule has 162 valence electrons. The van der Waals surface area contributed by atoms with Gasteiger partial charge in [-0.2, -0.15) is 0 Å². The molecular weight excluding hydrogens is 430 g/mol. The van der Waals surface area contributed by atoms with Crippen LogP contribution in [-0.2, 0) is 17.9 Å². The minimum atomic E-state index is -0.493. The van der Waals surface area contributed by atoms with Crippen molar-refractivity contribution in [3.8, 4) is 0 Å². The standard InChI is InChI=1S/C22H19N5O4S/c1-13-5-6-16(14(2)10-13)23-18(28)12-26-22(30)27-17-7-9-32-19(17)20(29)25(21(27)24-26)11-15-4-3-8-31-15/h3-10H,11-12H2,1-2H3,(H,23,28). The van der Waals surface area contributed by atoms with Gasteiger partial charge in [-0.3, -0.25) is 14.2 Å². The molecule has 9 nitrogen and oxygen atoms in total. The number of anilines is 1. The average molecular weight is 449 g/mol. The van der Waals surface area contributed by atoms with Crippen LogP contribution in [0.25, 0.3) is 16.0 Å². The van der Waals surface area contributed by atoms with Gasteiger partial charge in [0.05, 0.1) is 18.3 Å². The van der Waals surface area contributed by atoms with Crippen molar-refractivity contribution in [3.05, 3.63) is 85.8 Å². The third-order valence-electron chi connectivity index (χ3n) is 5.23.